The van der Waals surface area contributed by atoms with Gasteiger partial charge in [-0.05, 0) is 13.3 Å². The van der Waals surface area contributed by atoms with Gasteiger partial charge >= 0.3 is 0 Å². The van der Waals surface area contributed by atoms with E-state index in [4.69, 9.17) is 10.2 Å². The zero-order valence-electron chi connectivity index (χ0n) is 8.60. The summed E-state index contributed by atoms with van der Waals surface area (Å²) in [5, 5.41) is 7.88. The molecule has 0 spiro atoms. The summed E-state index contributed by atoms with van der Waals surface area (Å²) >= 11 is 1.49. The van der Waals surface area contributed by atoms with E-state index in [-0.39, 0.29) is 6.04 Å². The molecule has 0 radical (unpaired) electrons. The second-order valence-electron chi connectivity index (χ2n) is 3.23. The molecule has 5 nitrogen and oxygen atoms in total. The highest BCUT2D eigenvalue weighted by Crippen LogP contribution is 2.26. The van der Waals surface area contributed by atoms with Crippen LogP contribution in [0, 0.1) is 6.92 Å². The van der Waals surface area contributed by atoms with Crippen LogP contribution in [0.4, 0.5) is 0 Å². The summed E-state index contributed by atoms with van der Waals surface area (Å²) < 4.78 is 5.48. The SMILES string of the molecule is CCC(N)c1nnc(-c2scnc2C)o1. The molecule has 0 aliphatic carbocycles. The molecule has 0 saturated carbocycles. The van der Waals surface area contributed by atoms with E-state index in [0.717, 1.165) is 17.0 Å². The first-order valence-electron chi connectivity index (χ1n) is 4.71. The van der Waals surface area contributed by atoms with Crippen LogP contribution in [0.15, 0.2) is 9.93 Å². The average molecular weight is 224 g/mol. The summed E-state index contributed by atoms with van der Waals surface area (Å²) in [7, 11) is 0. The van der Waals surface area contributed by atoms with Gasteiger partial charge in [-0.3, -0.25) is 0 Å². The third kappa shape index (κ3) is 1.91. The summed E-state index contributed by atoms with van der Waals surface area (Å²) in [6.07, 6.45) is 0.781. The molecule has 0 aromatic carbocycles. The number of aromatic nitrogens is 3. The van der Waals surface area contributed by atoms with Crippen molar-refractivity contribution in [2.45, 2.75) is 26.3 Å². The predicted octanol–water partition coefficient (Wildman–Crippen LogP) is 1.91. The van der Waals surface area contributed by atoms with Gasteiger partial charge in [0.15, 0.2) is 0 Å². The van der Waals surface area contributed by atoms with Crippen LogP contribution in [-0.4, -0.2) is 15.2 Å². The molecule has 0 fully saturated rings. The van der Waals surface area contributed by atoms with Crippen LogP contribution in [0.2, 0.25) is 0 Å². The van der Waals surface area contributed by atoms with Crippen LogP contribution < -0.4 is 5.73 Å². The van der Waals surface area contributed by atoms with Crippen molar-refractivity contribution in [3.63, 3.8) is 0 Å². The van der Waals surface area contributed by atoms with E-state index in [9.17, 15) is 0 Å². The first-order chi connectivity index (χ1) is 7.22. The zero-order chi connectivity index (χ0) is 10.8. The molecule has 6 heteroatoms. The molecule has 2 heterocycles. The fourth-order valence-electron chi connectivity index (χ4n) is 1.16. The minimum absolute atomic E-state index is 0.181. The van der Waals surface area contributed by atoms with E-state index in [0.29, 0.717) is 11.8 Å². The molecule has 2 aromatic heterocycles. The van der Waals surface area contributed by atoms with Crippen molar-refractivity contribution < 1.29 is 4.42 Å². The Bertz CT molecular complexity index is 450. The van der Waals surface area contributed by atoms with Crippen LogP contribution in [-0.2, 0) is 0 Å². The summed E-state index contributed by atoms with van der Waals surface area (Å²) in [4.78, 5) is 5.04. The van der Waals surface area contributed by atoms with Crippen molar-refractivity contribution in [3.8, 4) is 10.8 Å². The smallest absolute Gasteiger partial charge is 0.259 e. The molecule has 15 heavy (non-hydrogen) atoms. The third-order valence-electron chi connectivity index (χ3n) is 2.14. The number of thiazole rings is 1. The normalized spacial score (nSPS) is 13.0. The second kappa shape index (κ2) is 4.08. The Labute approximate surface area is 91.4 Å². The number of aryl methyl sites for hydroxylation is 1. The fraction of sp³-hybridized carbons (Fsp3) is 0.444. The number of nitrogens with zero attached hydrogens (tertiary/aromatic N) is 3. The van der Waals surface area contributed by atoms with Crippen molar-refractivity contribution in [1.29, 1.82) is 0 Å². The Morgan fingerprint density at radius 3 is 2.93 bits per heavy atom. The molecule has 80 valence electrons. The lowest BCUT2D eigenvalue weighted by Crippen LogP contribution is -2.08. The maximum absolute atomic E-state index is 5.79. The first kappa shape index (κ1) is 10.3. The molecule has 0 bridgehead atoms. The van der Waals surface area contributed by atoms with Crippen LogP contribution in [0.1, 0.15) is 31.0 Å². The Hall–Kier alpha value is -1.27. The summed E-state index contributed by atoms with van der Waals surface area (Å²) in [6.45, 7) is 3.89. The Morgan fingerprint density at radius 2 is 2.33 bits per heavy atom. The molecule has 0 amide bonds. The van der Waals surface area contributed by atoms with Gasteiger partial charge in [-0.15, -0.1) is 21.5 Å². The van der Waals surface area contributed by atoms with Crippen molar-refractivity contribution in [2.75, 3.05) is 0 Å². The van der Waals surface area contributed by atoms with E-state index in [2.05, 4.69) is 15.2 Å². The van der Waals surface area contributed by atoms with Gasteiger partial charge in [-0.25, -0.2) is 4.98 Å². The fourth-order valence-corrected chi connectivity index (χ4v) is 1.88. The van der Waals surface area contributed by atoms with Gasteiger partial charge in [0, 0.05) is 0 Å². The molecular formula is C9H12N4OS. The van der Waals surface area contributed by atoms with Crippen LogP contribution in [0.3, 0.4) is 0 Å². The number of rotatable bonds is 3. The van der Waals surface area contributed by atoms with Crippen molar-refractivity contribution in [3.05, 3.63) is 17.1 Å². The quantitative estimate of drug-likeness (QED) is 0.861. The van der Waals surface area contributed by atoms with E-state index in [1.165, 1.54) is 11.3 Å². The lowest BCUT2D eigenvalue weighted by Gasteiger charge is -1.99. The zero-order valence-corrected chi connectivity index (χ0v) is 9.41. The molecule has 0 saturated heterocycles. The monoisotopic (exact) mass is 224 g/mol. The summed E-state index contributed by atoms with van der Waals surface area (Å²) in [6, 6.07) is -0.181. The van der Waals surface area contributed by atoms with Gasteiger partial charge < -0.3 is 10.2 Å². The van der Waals surface area contributed by atoms with E-state index in [1.807, 2.05) is 13.8 Å². The third-order valence-corrected chi connectivity index (χ3v) is 3.05. The van der Waals surface area contributed by atoms with E-state index >= 15 is 0 Å². The highest BCUT2D eigenvalue weighted by atomic mass is 32.1. The Balaban J connectivity index is 2.32. The van der Waals surface area contributed by atoms with E-state index in [1.54, 1.807) is 5.51 Å². The van der Waals surface area contributed by atoms with Gasteiger partial charge in [0.1, 0.15) is 4.88 Å². The molecule has 1 unspecified atom stereocenters. The van der Waals surface area contributed by atoms with Gasteiger partial charge in [0.05, 0.1) is 17.2 Å². The number of hydrogen-bond donors (Lipinski definition) is 1. The molecule has 0 aliphatic rings. The van der Waals surface area contributed by atoms with Crippen molar-refractivity contribution in [2.24, 2.45) is 5.73 Å². The lowest BCUT2D eigenvalue weighted by molar-refractivity contribution is 0.453. The van der Waals surface area contributed by atoms with Gasteiger partial charge in [-0.1, -0.05) is 6.92 Å². The van der Waals surface area contributed by atoms with Crippen LogP contribution >= 0.6 is 11.3 Å². The maximum Gasteiger partial charge on any atom is 0.259 e. The number of nitrogens with two attached hydrogens (primary N) is 1. The van der Waals surface area contributed by atoms with Crippen LogP contribution in [0.25, 0.3) is 10.8 Å². The number of hydrogen-bond acceptors (Lipinski definition) is 6. The van der Waals surface area contributed by atoms with Gasteiger partial charge in [0.2, 0.25) is 5.89 Å². The average Bonchev–Trinajstić information content (AvgIpc) is 2.84. The minimum Gasteiger partial charge on any atom is -0.418 e. The molecule has 2 N–H and O–H groups in total. The van der Waals surface area contributed by atoms with Gasteiger partial charge in [-0.2, -0.15) is 0 Å². The molecule has 2 aromatic rings. The first-order valence-corrected chi connectivity index (χ1v) is 5.59. The summed E-state index contributed by atoms with van der Waals surface area (Å²) in [5.41, 5.74) is 8.45. The molecule has 0 aliphatic heterocycles. The predicted molar refractivity (Wildman–Crippen MR) is 57.4 cm³/mol. The van der Waals surface area contributed by atoms with Gasteiger partial charge in [0.25, 0.3) is 5.89 Å². The summed E-state index contributed by atoms with van der Waals surface area (Å²) in [5.74, 6) is 0.995. The van der Waals surface area contributed by atoms with Crippen LogP contribution in [0.5, 0.6) is 0 Å². The van der Waals surface area contributed by atoms with Crippen molar-refractivity contribution in [1.82, 2.24) is 15.2 Å². The molecule has 2 rings (SSSR count). The highest BCUT2D eigenvalue weighted by Gasteiger charge is 2.16. The minimum atomic E-state index is -0.181. The molecule has 1 atom stereocenters. The Morgan fingerprint density at radius 1 is 1.53 bits per heavy atom. The Kier molecular flexibility index (Phi) is 2.79. The standard InChI is InChI=1S/C9H12N4OS/c1-3-6(10)8-12-13-9(14-8)7-5(2)11-4-15-7/h4,6H,3,10H2,1-2H3. The van der Waals surface area contributed by atoms with E-state index < -0.39 is 0 Å². The second-order valence-corrected chi connectivity index (χ2v) is 4.08. The lowest BCUT2D eigenvalue weighted by atomic mass is 10.2. The molecular weight excluding hydrogens is 212 g/mol. The largest absolute Gasteiger partial charge is 0.418 e. The highest BCUT2D eigenvalue weighted by molar-refractivity contribution is 7.13. The topological polar surface area (TPSA) is 77.8 Å². The van der Waals surface area contributed by atoms with Crippen molar-refractivity contribution >= 4 is 11.3 Å². The maximum atomic E-state index is 5.79.